The van der Waals surface area contributed by atoms with E-state index in [1.807, 2.05) is 10.6 Å². The minimum absolute atomic E-state index is 0. The highest BCUT2D eigenvalue weighted by molar-refractivity contribution is 6.05. The summed E-state index contributed by atoms with van der Waals surface area (Å²) in [6.07, 6.45) is -1.04. The van der Waals surface area contributed by atoms with Crippen LogP contribution in [0, 0.1) is 0 Å². The molecule has 0 bridgehead atoms. The van der Waals surface area contributed by atoms with Gasteiger partial charge in [-0.1, -0.05) is 0 Å². The van der Waals surface area contributed by atoms with Gasteiger partial charge < -0.3 is 27.3 Å². The number of amides is 5. The van der Waals surface area contributed by atoms with Gasteiger partial charge in [-0.15, -0.1) is 0 Å². The van der Waals surface area contributed by atoms with E-state index in [2.05, 4.69) is 5.32 Å². The lowest BCUT2D eigenvalue weighted by atomic mass is 10.5. The summed E-state index contributed by atoms with van der Waals surface area (Å²) < 4.78 is 0. The average Bonchev–Trinajstić information content (AvgIpc) is 2.09. The Morgan fingerprint density at radius 1 is 1.36 bits per heavy atom. The van der Waals surface area contributed by atoms with Gasteiger partial charge in [0.05, 0.1) is 17.4 Å². The molecular formula is C4H11AlN4O5. The number of hydrogen-bond acceptors (Lipinski definition) is 3. The van der Waals surface area contributed by atoms with Crippen LogP contribution in [-0.4, -0.2) is 52.4 Å². The Morgan fingerprint density at radius 3 is 2.14 bits per heavy atom. The lowest BCUT2D eigenvalue weighted by Gasteiger charge is -2.05. The molecule has 9 nitrogen and oxygen atoms in total. The van der Waals surface area contributed by atoms with Gasteiger partial charge in [0, 0.05) is 0 Å². The van der Waals surface area contributed by atoms with Crippen molar-refractivity contribution in [3.8, 4) is 0 Å². The summed E-state index contributed by atoms with van der Waals surface area (Å²) in [4.78, 5) is 31.3. The van der Waals surface area contributed by atoms with Crippen molar-refractivity contribution in [2.75, 3.05) is 0 Å². The first-order chi connectivity index (χ1) is 5.09. The van der Waals surface area contributed by atoms with Crippen molar-refractivity contribution in [2.45, 2.75) is 6.17 Å². The monoisotopic (exact) mass is 222 g/mol. The first-order valence-electron chi connectivity index (χ1n) is 2.77. The number of urea groups is 2. The molecule has 0 aromatic rings. The first kappa shape index (κ1) is 18.4. The van der Waals surface area contributed by atoms with Crippen LogP contribution in [0.1, 0.15) is 0 Å². The third kappa shape index (κ3) is 4.63. The molecule has 0 spiro atoms. The van der Waals surface area contributed by atoms with Crippen LogP contribution in [0.2, 0.25) is 0 Å². The van der Waals surface area contributed by atoms with E-state index < -0.39 is 24.1 Å². The van der Waals surface area contributed by atoms with Crippen molar-refractivity contribution in [1.29, 1.82) is 0 Å². The van der Waals surface area contributed by atoms with Crippen LogP contribution in [-0.2, 0) is 4.79 Å². The molecule has 1 fully saturated rings. The van der Waals surface area contributed by atoms with Crippen molar-refractivity contribution in [3.05, 3.63) is 0 Å². The first-order valence-corrected chi connectivity index (χ1v) is 2.77. The van der Waals surface area contributed by atoms with Gasteiger partial charge in [0.1, 0.15) is 0 Å². The van der Waals surface area contributed by atoms with Crippen molar-refractivity contribution < 1.29 is 25.3 Å². The Balaban J connectivity index is -0.000000403. The van der Waals surface area contributed by atoms with E-state index in [-0.39, 0.29) is 28.3 Å². The molecule has 1 rings (SSSR count). The van der Waals surface area contributed by atoms with Gasteiger partial charge >= 0.3 is 12.1 Å². The average molecular weight is 222 g/mol. The molecule has 10 heteroatoms. The Hall–Kier alpha value is -1.34. The van der Waals surface area contributed by atoms with Crippen molar-refractivity contribution in [1.82, 2.24) is 16.0 Å². The number of carbonyl (C=O) groups is 3. The number of primary amides is 1. The van der Waals surface area contributed by atoms with Crippen LogP contribution in [0.4, 0.5) is 9.59 Å². The van der Waals surface area contributed by atoms with Crippen molar-refractivity contribution >= 4 is 35.3 Å². The second-order valence-electron chi connectivity index (χ2n) is 1.90. The van der Waals surface area contributed by atoms with Gasteiger partial charge in [-0.05, 0) is 0 Å². The van der Waals surface area contributed by atoms with E-state index in [0.29, 0.717) is 0 Å². The Bertz CT molecular complexity index is 234. The number of nitrogens with two attached hydrogens (primary N) is 1. The maximum Gasteiger partial charge on any atom is 0.323 e. The Morgan fingerprint density at radius 2 is 1.86 bits per heavy atom. The summed E-state index contributed by atoms with van der Waals surface area (Å²) in [5, 5.41) is 6.05. The van der Waals surface area contributed by atoms with Crippen LogP contribution in [0.5, 0.6) is 0 Å². The quantitative estimate of drug-likeness (QED) is 0.258. The zero-order valence-corrected chi connectivity index (χ0v) is 8.50. The maximum atomic E-state index is 10.7. The minimum Gasteiger partial charge on any atom is -0.412 e. The smallest absolute Gasteiger partial charge is 0.323 e. The molecule has 0 aromatic carbocycles. The van der Waals surface area contributed by atoms with Crippen LogP contribution in [0.25, 0.3) is 0 Å². The topological polar surface area (TPSA) is 176 Å². The number of imide groups is 1. The van der Waals surface area contributed by atoms with E-state index in [4.69, 9.17) is 5.73 Å². The molecule has 0 saturated carbocycles. The van der Waals surface area contributed by atoms with E-state index in [0.717, 1.165) is 0 Å². The predicted molar refractivity (Wildman–Crippen MR) is 47.6 cm³/mol. The van der Waals surface area contributed by atoms with Gasteiger partial charge in [0.25, 0.3) is 5.91 Å². The standard InChI is InChI=1S/C4H6N4O3.Al.2H2O.H/c5-3(10)6-1-2(9)8-4(11)7-1;;;;/h1H,(H3,5,6,10)(H2,7,8,9,11);;2*1H2;. The minimum atomic E-state index is -1.04. The highest BCUT2D eigenvalue weighted by atomic mass is 27.0. The molecule has 80 valence electrons. The molecule has 1 aliphatic rings. The number of hydrogen-bond donors (Lipinski definition) is 4. The molecule has 0 aromatic heterocycles. The van der Waals surface area contributed by atoms with E-state index in [1.165, 1.54) is 0 Å². The predicted octanol–water partition coefficient (Wildman–Crippen LogP) is -4.48. The van der Waals surface area contributed by atoms with E-state index >= 15 is 0 Å². The lowest BCUT2D eigenvalue weighted by molar-refractivity contribution is -0.120. The van der Waals surface area contributed by atoms with Crippen molar-refractivity contribution in [2.24, 2.45) is 5.73 Å². The normalized spacial score (nSPS) is 17.6. The molecule has 9 N–H and O–H groups in total. The second kappa shape index (κ2) is 7.10. The fourth-order valence-corrected chi connectivity index (χ4v) is 0.661. The maximum absolute atomic E-state index is 10.7. The Kier molecular flexibility index (Phi) is 9.36. The lowest BCUT2D eigenvalue weighted by Crippen LogP contribution is -2.48. The highest BCUT2D eigenvalue weighted by Gasteiger charge is 2.29. The largest absolute Gasteiger partial charge is 0.412 e. The highest BCUT2D eigenvalue weighted by Crippen LogP contribution is 1.86. The SMILES string of the molecule is NC(=O)NC1NC(=O)NC1=O.O.O.[AlH]. The molecule has 1 atom stereocenters. The molecule has 0 aliphatic carbocycles. The molecule has 1 heterocycles. The molecule has 2 radical (unpaired) electrons. The number of rotatable bonds is 1. The second-order valence-corrected chi connectivity index (χ2v) is 1.90. The molecular weight excluding hydrogens is 211 g/mol. The van der Waals surface area contributed by atoms with Gasteiger partial charge in [0.15, 0.2) is 6.17 Å². The van der Waals surface area contributed by atoms with Gasteiger partial charge in [-0.3, -0.25) is 10.1 Å². The van der Waals surface area contributed by atoms with Crippen LogP contribution >= 0.6 is 0 Å². The van der Waals surface area contributed by atoms with Crippen LogP contribution in [0.15, 0.2) is 0 Å². The molecule has 14 heavy (non-hydrogen) atoms. The fraction of sp³-hybridized carbons (Fsp3) is 0.250. The molecule has 1 unspecified atom stereocenters. The summed E-state index contributed by atoms with van der Waals surface area (Å²) in [6, 6.07) is -1.51. The zero-order chi connectivity index (χ0) is 8.43. The third-order valence-electron chi connectivity index (χ3n) is 1.06. The number of nitrogens with one attached hydrogen (secondary N) is 3. The van der Waals surface area contributed by atoms with E-state index in [9.17, 15) is 14.4 Å². The summed E-state index contributed by atoms with van der Waals surface area (Å²) >= 11 is 0. The summed E-state index contributed by atoms with van der Waals surface area (Å²) in [7, 11) is 0. The van der Waals surface area contributed by atoms with Crippen LogP contribution in [0.3, 0.4) is 0 Å². The van der Waals surface area contributed by atoms with Crippen molar-refractivity contribution in [3.63, 3.8) is 0 Å². The summed E-state index contributed by atoms with van der Waals surface area (Å²) in [5.74, 6) is -0.617. The fourth-order valence-electron chi connectivity index (χ4n) is 0.661. The van der Waals surface area contributed by atoms with Gasteiger partial charge in [0.2, 0.25) is 0 Å². The van der Waals surface area contributed by atoms with E-state index in [1.54, 1.807) is 0 Å². The molecule has 5 amide bonds. The summed E-state index contributed by atoms with van der Waals surface area (Å²) in [6.45, 7) is 0. The summed E-state index contributed by atoms with van der Waals surface area (Å²) in [5.41, 5.74) is 4.70. The molecule has 1 aliphatic heterocycles. The van der Waals surface area contributed by atoms with Crippen LogP contribution < -0.4 is 21.7 Å². The zero-order valence-electron chi connectivity index (χ0n) is 7.09. The Labute approximate surface area is 89.1 Å². The van der Waals surface area contributed by atoms with Gasteiger partial charge in [-0.2, -0.15) is 0 Å². The molecule has 1 saturated heterocycles. The number of carbonyl (C=O) groups excluding carboxylic acids is 3. The van der Waals surface area contributed by atoms with Gasteiger partial charge in [-0.25, -0.2) is 9.59 Å². The third-order valence-corrected chi connectivity index (χ3v) is 1.06.